The number of carboxylic acids is 1. The number of nitrogens with zero attached hydrogens (tertiary/aromatic N) is 1. The third-order valence-corrected chi connectivity index (χ3v) is 5.10. The van der Waals surface area contributed by atoms with E-state index in [4.69, 9.17) is 14.6 Å². The normalized spacial score (nSPS) is 20.0. The number of carbonyl (C=O) groups is 2. The number of hydrogen-bond acceptors (Lipinski definition) is 4. The van der Waals surface area contributed by atoms with E-state index in [1.54, 1.807) is 36.2 Å². The zero-order valence-electron chi connectivity index (χ0n) is 15.1. The van der Waals surface area contributed by atoms with Crippen LogP contribution in [0.15, 0.2) is 42.5 Å². The van der Waals surface area contributed by atoms with E-state index in [1.807, 2.05) is 18.2 Å². The number of fused-ring (bicyclic) bond motifs is 1. The van der Waals surface area contributed by atoms with Crippen molar-refractivity contribution < 1.29 is 24.2 Å². The Morgan fingerprint density at radius 1 is 1.07 bits per heavy atom. The van der Waals surface area contributed by atoms with E-state index in [0.29, 0.717) is 19.8 Å². The molecule has 6 nitrogen and oxygen atoms in total. The molecular weight excluding hydrogens is 346 g/mol. The molecule has 27 heavy (non-hydrogen) atoms. The Morgan fingerprint density at radius 3 is 2.48 bits per heavy atom. The predicted molar refractivity (Wildman–Crippen MR) is 98.2 cm³/mol. The summed E-state index contributed by atoms with van der Waals surface area (Å²) in [6.45, 7) is 1.57. The molecule has 0 radical (unpaired) electrons. The van der Waals surface area contributed by atoms with Crippen molar-refractivity contribution in [2.75, 3.05) is 20.3 Å². The third-order valence-electron chi connectivity index (χ3n) is 5.10. The van der Waals surface area contributed by atoms with Crippen LogP contribution >= 0.6 is 0 Å². The molecule has 1 N–H and O–H groups in total. The van der Waals surface area contributed by atoms with Crippen LogP contribution in [0.4, 0.5) is 0 Å². The second kappa shape index (κ2) is 6.95. The van der Waals surface area contributed by atoms with Crippen LogP contribution in [0, 0.1) is 5.92 Å². The van der Waals surface area contributed by atoms with Crippen LogP contribution in [0.3, 0.4) is 0 Å². The molecule has 0 bridgehead atoms. The number of carbonyl (C=O) groups excluding carboxylic acids is 1. The number of rotatable bonds is 5. The van der Waals surface area contributed by atoms with Gasteiger partial charge in [0.2, 0.25) is 5.91 Å². The van der Waals surface area contributed by atoms with Crippen molar-refractivity contribution in [3.8, 4) is 11.5 Å². The Bertz CT molecular complexity index is 877. The molecule has 0 unspecified atom stereocenters. The number of carboxylic acid groups (broad SMARTS) is 1. The highest BCUT2D eigenvalue weighted by Gasteiger charge is 2.45. The van der Waals surface area contributed by atoms with Crippen LogP contribution in [-0.4, -0.2) is 42.1 Å². The maximum Gasteiger partial charge on any atom is 0.335 e. The maximum atomic E-state index is 12.7. The summed E-state index contributed by atoms with van der Waals surface area (Å²) in [5, 5.41) is 8.96. The number of amides is 1. The first kappa shape index (κ1) is 17.4. The predicted octanol–water partition coefficient (Wildman–Crippen LogP) is 2.92. The Labute approximate surface area is 157 Å². The van der Waals surface area contributed by atoms with Gasteiger partial charge in [-0.25, -0.2) is 4.79 Å². The van der Waals surface area contributed by atoms with Crippen LogP contribution in [0.2, 0.25) is 0 Å². The van der Waals surface area contributed by atoms with Gasteiger partial charge in [-0.1, -0.05) is 18.2 Å². The van der Waals surface area contributed by atoms with Crippen molar-refractivity contribution in [3.05, 3.63) is 59.2 Å². The summed E-state index contributed by atoms with van der Waals surface area (Å²) in [5.41, 5.74) is 2.26. The van der Waals surface area contributed by atoms with Gasteiger partial charge in [0.15, 0.2) is 11.5 Å². The van der Waals surface area contributed by atoms with E-state index in [9.17, 15) is 9.59 Å². The monoisotopic (exact) mass is 367 g/mol. The van der Waals surface area contributed by atoms with Gasteiger partial charge < -0.3 is 19.5 Å². The fourth-order valence-corrected chi connectivity index (χ4v) is 3.51. The molecule has 6 heteroatoms. The van der Waals surface area contributed by atoms with Crippen molar-refractivity contribution in [3.63, 3.8) is 0 Å². The summed E-state index contributed by atoms with van der Waals surface area (Å²) in [6, 6.07) is 12.5. The summed E-state index contributed by atoms with van der Waals surface area (Å²) in [4.78, 5) is 25.4. The summed E-state index contributed by atoms with van der Waals surface area (Å²) in [6.07, 6.45) is 0.834. The lowest BCUT2D eigenvalue weighted by atomic mass is 10.1. The van der Waals surface area contributed by atoms with E-state index in [-0.39, 0.29) is 23.3 Å². The minimum absolute atomic E-state index is 0.0177. The highest BCUT2D eigenvalue weighted by Crippen LogP contribution is 2.50. The fourth-order valence-electron chi connectivity index (χ4n) is 3.51. The zero-order valence-corrected chi connectivity index (χ0v) is 15.1. The molecule has 2 aromatic carbocycles. The average molecular weight is 367 g/mol. The van der Waals surface area contributed by atoms with E-state index in [2.05, 4.69) is 0 Å². The van der Waals surface area contributed by atoms with Crippen LogP contribution < -0.4 is 9.47 Å². The van der Waals surface area contributed by atoms with Crippen LogP contribution in [0.25, 0.3) is 0 Å². The lowest BCUT2D eigenvalue weighted by Crippen LogP contribution is -2.28. The molecule has 1 aliphatic heterocycles. The van der Waals surface area contributed by atoms with Gasteiger partial charge in [-0.15, -0.1) is 0 Å². The SMILES string of the molecule is CN(Cc1ccc(C(=O)O)cc1)C(=O)[C@H]1C[C@@H]1c1ccc2c(c1)OCCO2. The van der Waals surface area contributed by atoms with Crippen LogP contribution in [0.5, 0.6) is 11.5 Å². The van der Waals surface area contributed by atoms with E-state index >= 15 is 0 Å². The third kappa shape index (κ3) is 3.60. The number of aromatic carboxylic acids is 1. The Kier molecular flexibility index (Phi) is 4.48. The van der Waals surface area contributed by atoms with Crippen LogP contribution in [0.1, 0.15) is 33.8 Å². The van der Waals surface area contributed by atoms with Crippen molar-refractivity contribution in [1.82, 2.24) is 4.90 Å². The van der Waals surface area contributed by atoms with Gasteiger partial charge in [-0.05, 0) is 47.7 Å². The van der Waals surface area contributed by atoms with E-state index in [1.165, 1.54) is 0 Å². The van der Waals surface area contributed by atoms with Crippen molar-refractivity contribution in [1.29, 1.82) is 0 Å². The molecule has 1 amide bonds. The quantitative estimate of drug-likeness (QED) is 0.879. The first-order chi connectivity index (χ1) is 13.0. The van der Waals surface area contributed by atoms with E-state index < -0.39 is 5.97 Å². The molecule has 1 aliphatic carbocycles. The van der Waals surface area contributed by atoms with Gasteiger partial charge in [-0.2, -0.15) is 0 Å². The lowest BCUT2D eigenvalue weighted by molar-refractivity contribution is -0.131. The highest BCUT2D eigenvalue weighted by molar-refractivity contribution is 5.87. The molecule has 4 rings (SSSR count). The minimum Gasteiger partial charge on any atom is -0.486 e. The molecule has 2 aliphatic rings. The standard InChI is InChI=1S/C21H21NO5/c1-22(12-13-2-4-14(5-3-13)21(24)25)20(23)17-11-16(17)15-6-7-18-19(10-15)27-9-8-26-18/h2-7,10,16-17H,8-9,11-12H2,1H3,(H,24,25)/t16-,17+/m1/s1. The molecule has 0 spiro atoms. The van der Waals surface area contributed by atoms with E-state index in [0.717, 1.165) is 29.0 Å². The Balaban J connectivity index is 1.38. The highest BCUT2D eigenvalue weighted by atomic mass is 16.6. The Hall–Kier alpha value is -3.02. The number of benzene rings is 2. The maximum absolute atomic E-state index is 12.7. The summed E-state index contributed by atoms with van der Waals surface area (Å²) in [7, 11) is 1.78. The van der Waals surface area contributed by atoms with Gasteiger partial charge in [0.05, 0.1) is 5.56 Å². The smallest absolute Gasteiger partial charge is 0.335 e. The molecule has 0 aromatic heterocycles. The van der Waals surface area contributed by atoms with Crippen molar-refractivity contribution >= 4 is 11.9 Å². The largest absolute Gasteiger partial charge is 0.486 e. The van der Waals surface area contributed by atoms with Crippen molar-refractivity contribution in [2.45, 2.75) is 18.9 Å². The van der Waals surface area contributed by atoms with Crippen LogP contribution in [-0.2, 0) is 11.3 Å². The first-order valence-corrected chi connectivity index (χ1v) is 8.99. The van der Waals surface area contributed by atoms with Crippen molar-refractivity contribution in [2.24, 2.45) is 5.92 Å². The lowest BCUT2D eigenvalue weighted by Gasteiger charge is -2.19. The number of hydrogen-bond donors (Lipinski definition) is 1. The molecule has 1 fully saturated rings. The van der Waals surface area contributed by atoms with Gasteiger partial charge in [-0.3, -0.25) is 4.79 Å². The molecular formula is C21H21NO5. The Morgan fingerprint density at radius 2 is 1.78 bits per heavy atom. The molecule has 1 heterocycles. The molecule has 140 valence electrons. The van der Waals surface area contributed by atoms with Gasteiger partial charge in [0, 0.05) is 19.5 Å². The second-order valence-corrected chi connectivity index (χ2v) is 7.05. The van der Waals surface area contributed by atoms with Gasteiger partial charge >= 0.3 is 5.97 Å². The summed E-state index contributed by atoms with van der Waals surface area (Å²) in [5.74, 6) is 0.864. The van der Waals surface area contributed by atoms with Gasteiger partial charge in [0.25, 0.3) is 0 Å². The molecule has 1 saturated carbocycles. The topological polar surface area (TPSA) is 76.1 Å². The average Bonchev–Trinajstić information content (AvgIpc) is 3.48. The molecule has 0 saturated heterocycles. The summed E-state index contributed by atoms with van der Waals surface area (Å²) >= 11 is 0. The second-order valence-electron chi connectivity index (χ2n) is 7.05. The molecule has 2 aromatic rings. The van der Waals surface area contributed by atoms with Gasteiger partial charge in [0.1, 0.15) is 13.2 Å². The fraction of sp³-hybridized carbons (Fsp3) is 0.333. The minimum atomic E-state index is -0.953. The first-order valence-electron chi connectivity index (χ1n) is 8.99. The molecule has 2 atom stereocenters. The summed E-state index contributed by atoms with van der Waals surface area (Å²) < 4.78 is 11.2. The number of ether oxygens (including phenoxy) is 2. The zero-order chi connectivity index (χ0) is 19.0.